The second kappa shape index (κ2) is 5.05. The molecule has 17 heavy (non-hydrogen) atoms. The van der Waals surface area contributed by atoms with E-state index in [-0.39, 0.29) is 5.75 Å². The van der Waals surface area contributed by atoms with Crippen molar-refractivity contribution < 1.29 is 23.4 Å². The maximum atomic E-state index is 11.7. The van der Waals surface area contributed by atoms with Crippen molar-refractivity contribution >= 4 is 21.7 Å². The van der Waals surface area contributed by atoms with Crippen LogP contribution in [0.25, 0.3) is 0 Å². The molecule has 0 amide bonds. The molecule has 7 heteroatoms. The number of carboxylic acid groups (broad SMARTS) is 1. The zero-order chi connectivity index (χ0) is 13.1. The van der Waals surface area contributed by atoms with Crippen LogP contribution in [0.5, 0.6) is 5.75 Å². The summed E-state index contributed by atoms with van der Waals surface area (Å²) >= 11 is 0. The Morgan fingerprint density at radius 2 is 1.82 bits per heavy atom. The van der Waals surface area contributed by atoms with E-state index in [4.69, 9.17) is 10.2 Å². The molecule has 0 unspecified atom stereocenters. The lowest BCUT2D eigenvalue weighted by Gasteiger charge is -2.18. The van der Waals surface area contributed by atoms with Crippen LogP contribution in [0.3, 0.4) is 0 Å². The molecule has 0 heterocycles. The molecule has 2 N–H and O–H groups in total. The highest BCUT2D eigenvalue weighted by molar-refractivity contribution is 7.92. The number of phenolic OH excluding ortho intramolecular Hbond substituents is 1. The highest BCUT2D eigenvalue weighted by Crippen LogP contribution is 2.20. The maximum Gasteiger partial charge on any atom is 0.304 e. The van der Waals surface area contributed by atoms with Crippen molar-refractivity contribution in [1.29, 1.82) is 0 Å². The molecule has 0 atom stereocenters. The van der Waals surface area contributed by atoms with Crippen LogP contribution in [0.2, 0.25) is 0 Å². The Balaban J connectivity index is 2.84. The topological polar surface area (TPSA) is 94.9 Å². The van der Waals surface area contributed by atoms with Gasteiger partial charge in [0.05, 0.1) is 17.9 Å². The van der Waals surface area contributed by atoms with E-state index in [1.54, 1.807) is 0 Å². The summed E-state index contributed by atoms with van der Waals surface area (Å²) in [5, 5.41) is 17.5. The number of carbonyl (C=O) groups is 1. The molecule has 0 saturated heterocycles. The number of hydrogen-bond donors (Lipinski definition) is 2. The van der Waals surface area contributed by atoms with Crippen molar-refractivity contribution in [3.8, 4) is 5.75 Å². The highest BCUT2D eigenvalue weighted by atomic mass is 32.2. The molecule has 1 aromatic carbocycles. The van der Waals surface area contributed by atoms with E-state index in [1.807, 2.05) is 0 Å². The average molecular weight is 259 g/mol. The first-order valence-corrected chi connectivity index (χ1v) is 6.41. The van der Waals surface area contributed by atoms with E-state index in [9.17, 15) is 13.2 Å². The van der Waals surface area contributed by atoms with Crippen molar-refractivity contribution in [3.05, 3.63) is 24.3 Å². The first-order valence-electron chi connectivity index (χ1n) is 4.80. The highest BCUT2D eigenvalue weighted by Gasteiger charge is 2.19. The number of anilines is 1. The predicted octanol–water partition coefficient (Wildman–Crippen LogP) is 0.633. The van der Waals surface area contributed by atoms with Gasteiger partial charge in [-0.15, -0.1) is 0 Å². The Hall–Kier alpha value is -1.76. The molecule has 0 spiro atoms. The van der Waals surface area contributed by atoms with E-state index in [0.717, 1.165) is 4.31 Å². The van der Waals surface area contributed by atoms with Crippen LogP contribution in [0.4, 0.5) is 5.69 Å². The molecule has 1 rings (SSSR count). The average Bonchev–Trinajstić information content (AvgIpc) is 2.27. The first kappa shape index (κ1) is 13.3. The maximum absolute atomic E-state index is 11.7. The molecule has 0 aliphatic carbocycles. The Kier molecular flexibility index (Phi) is 3.95. The van der Waals surface area contributed by atoms with Crippen LogP contribution in [0.1, 0.15) is 6.42 Å². The molecule has 0 bridgehead atoms. The van der Waals surface area contributed by atoms with Crippen LogP contribution < -0.4 is 4.31 Å². The third-order valence-electron chi connectivity index (χ3n) is 2.20. The van der Waals surface area contributed by atoms with Crippen LogP contribution >= 0.6 is 0 Å². The number of rotatable bonds is 5. The largest absolute Gasteiger partial charge is 0.508 e. The zero-order valence-corrected chi connectivity index (χ0v) is 10.0. The second-order valence-corrected chi connectivity index (χ2v) is 5.56. The van der Waals surface area contributed by atoms with Gasteiger partial charge in [-0.2, -0.15) is 0 Å². The third-order valence-corrected chi connectivity index (χ3v) is 3.97. The summed E-state index contributed by atoms with van der Waals surface area (Å²) in [6.45, 7) is 0. The third kappa shape index (κ3) is 3.63. The van der Waals surface area contributed by atoms with Gasteiger partial charge >= 0.3 is 5.97 Å². The summed E-state index contributed by atoms with van der Waals surface area (Å²) in [7, 11) is -2.31. The molecule has 0 saturated carbocycles. The minimum atomic E-state index is -3.65. The fourth-order valence-corrected chi connectivity index (χ4v) is 2.33. The van der Waals surface area contributed by atoms with E-state index in [1.165, 1.54) is 31.3 Å². The molecule has 0 aromatic heterocycles. The van der Waals surface area contributed by atoms with Gasteiger partial charge in [0.2, 0.25) is 10.0 Å². The predicted molar refractivity (Wildman–Crippen MR) is 62.5 cm³/mol. The van der Waals surface area contributed by atoms with Gasteiger partial charge in [0.15, 0.2) is 0 Å². The summed E-state index contributed by atoms with van der Waals surface area (Å²) in [5.74, 6) is -1.59. The number of aromatic hydroxyl groups is 1. The standard InChI is InChI=1S/C10H13NO5S/c1-11(8-2-4-9(12)5-3-8)17(15,16)7-6-10(13)14/h2-5,12H,6-7H2,1H3,(H,13,14). The van der Waals surface area contributed by atoms with Gasteiger partial charge < -0.3 is 10.2 Å². The Morgan fingerprint density at radius 3 is 2.29 bits per heavy atom. The van der Waals surface area contributed by atoms with Gasteiger partial charge in [-0.05, 0) is 24.3 Å². The van der Waals surface area contributed by atoms with Gasteiger partial charge in [0.25, 0.3) is 0 Å². The van der Waals surface area contributed by atoms with Crippen LogP contribution in [0, 0.1) is 0 Å². The summed E-state index contributed by atoms with van der Waals surface area (Å²) in [5.41, 5.74) is 0.369. The normalized spacial score (nSPS) is 11.1. The van der Waals surface area contributed by atoms with E-state index in [2.05, 4.69) is 0 Å². The molecule has 0 radical (unpaired) electrons. The lowest BCUT2D eigenvalue weighted by molar-refractivity contribution is -0.136. The Labute approximate surface area is 99.2 Å². The summed E-state index contributed by atoms with van der Waals surface area (Å²) in [4.78, 5) is 10.3. The fourth-order valence-electron chi connectivity index (χ4n) is 1.18. The summed E-state index contributed by atoms with van der Waals surface area (Å²) < 4.78 is 24.4. The van der Waals surface area contributed by atoms with Crippen molar-refractivity contribution in [1.82, 2.24) is 0 Å². The van der Waals surface area contributed by atoms with E-state index < -0.39 is 28.2 Å². The van der Waals surface area contributed by atoms with Gasteiger partial charge in [-0.25, -0.2) is 8.42 Å². The van der Waals surface area contributed by atoms with Gasteiger partial charge in [-0.1, -0.05) is 0 Å². The number of nitrogens with zero attached hydrogens (tertiary/aromatic N) is 1. The summed E-state index contributed by atoms with van der Waals surface area (Å²) in [6, 6.07) is 5.60. The quantitative estimate of drug-likeness (QED) is 0.808. The van der Waals surface area contributed by atoms with Gasteiger partial charge in [0, 0.05) is 7.05 Å². The molecule has 1 aromatic rings. The molecule has 94 valence electrons. The van der Waals surface area contributed by atoms with Gasteiger partial charge in [0.1, 0.15) is 5.75 Å². The van der Waals surface area contributed by atoms with Crippen molar-refractivity contribution in [2.75, 3.05) is 17.1 Å². The minimum Gasteiger partial charge on any atom is -0.508 e. The zero-order valence-electron chi connectivity index (χ0n) is 9.20. The fraction of sp³-hybridized carbons (Fsp3) is 0.300. The Bertz CT molecular complexity index is 494. The molecular weight excluding hydrogens is 246 g/mol. The minimum absolute atomic E-state index is 0.0325. The molecule has 0 fully saturated rings. The van der Waals surface area contributed by atoms with E-state index >= 15 is 0 Å². The number of sulfonamides is 1. The number of carboxylic acids is 1. The van der Waals surface area contributed by atoms with Crippen molar-refractivity contribution in [2.24, 2.45) is 0 Å². The van der Waals surface area contributed by atoms with Crippen LogP contribution in [0.15, 0.2) is 24.3 Å². The smallest absolute Gasteiger partial charge is 0.304 e. The SMILES string of the molecule is CN(c1ccc(O)cc1)S(=O)(=O)CCC(=O)O. The second-order valence-electron chi connectivity index (χ2n) is 3.44. The van der Waals surface area contributed by atoms with E-state index in [0.29, 0.717) is 5.69 Å². The molecule has 6 nitrogen and oxygen atoms in total. The van der Waals surface area contributed by atoms with Crippen LogP contribution in [-0.2, 0) is 14.8 Å². The monoisotopic (exact) mass is 259 g/mol. The molecular formula is C10H13NO5S. The number of phenols is 1. The number of aliphatic carboxylic acids is 1. The lowest BCUT2D eigenvalue weighted by Crippen LogP contribution is -2.29. The first-order chi connectivity index (χ1) is 7.83. The van der Waals surface area contributed by atoms with Crippen molar-refractivity contribution in [2.45, 2.75) is 6.42 Å². The molecule has 0 aliphatic heterocycles. The van der Waals surface area contributed by atoms with Crippen molar-refractivity contribution in [3.63, 3.8) is 0 Å². The number of hydrogen-bond acceptors (Lipinski definition) is 4. The lowest BCUT2D eigenvalue weighted by atomic mass is 10.3. The summed E-state index contributed by atoms with van der Waals surface area (Å²) in [6.07, 6.45) is -0.440. The van der Waals surface area contributed by atoms with Crippen LogP contribution in [-0.4, -0.2) is 37.4 Å². The number of benzene rings is 1. The van der Waals surface area contributed by atoms with Gasteiger partial charge in [-0.3, -0.25) is 9.10 Å². The Morgan fingerprint density at radius 1 is 1.29 bits per heavy atom. The molecule has 0 aliphatic rings.